The third-order valence-corrected chi connectivity index (χ3v) is 8.04. The summed E-state index contributed by atoms with van der Waals surface area (Å²) in [5.74, 6) is -3.41. The summed E-state index contributed by atoms with van der Waals surface area (Å²) >= 11 is 0. The van der Waals surface area contributed by atoms with Gasteiger partial charge in [0.15, 0.2) is 5.69 Å². The highest BCUT2D eigenvalue weighted by Crippen LogP contribution is 2.34. The molecule has 0 radical (unpaired) electrons. The standard InChI is InChI=1S/C31H27F5N6O2/c1-18-15-23(41-26-8-5-21(30(2,32)33)16-24(26)38-29(41)44)11-14-40(18)28(43)25-17-27(19-9-12-37-13-10-19)42(39-25)22-6-3-20(4-7-22)31(34,35)36/h3-10,12-13,16-18,23H,11,14-15H2,1-2H3,(H,38,44)/t18-,23-/m0/s1. The number of aromatic nitrogens is 5. The highest BCUT2D eigenvalue weighted by Gasteiger charge is 2.34. The number of aromatic amines is 1. The number of hydrogen-bond donors (Lipinski definition) is 1. The number of fused-ring (bicyclic) bond motifs is 1. The predicted octanol–water partition coefficient (Wildman–Crippen LogP) is 6.57. The number of likely N-dealkylation sites (tertiary alicyclic amines) is 1. The van der Waals surface area contributed by atoms with Crippen LogP contribution in [0, 0.1) is 0 Å². The zero-order valence-corrected chi connectivity index (χ0v) is 23.6. The van der Waals surface area contributed by atoms with E-state index >= 15 is 0 Å². The van der Waals surface area contributed by atoms with Crippen molar-refractivity contribution in [2.24, 2.45) is 0 Å². The van der Waals surface area contributed by atoms with Crippen molar-refractivity contribution < 1.29 is 26.7 Å². The van der Waals surface area contributed by atoms with Crippen molar-refractivity contribution in [2.45, 2.75) is 50.9 Å². The lowest BCUT2D eigenvalue weighted by Crippen LogP contribution is -2.46. The van der Waals surface area contributed by atoms with Crippen LogP contribution < -0.4 is 5.69 Å². The molecule has 4 heterocycles. The van der Waals surface area contributed by atoms with E-state index in [1.165, 1.54) is 35.0 Å². The van der Waals surface area contributed by atoms with Gasteiger partial charge >= 0.3 is 11.9 Å². The molecule has 1 saturated heterocycles. The minimum absolute atomic E-state index is 0.110. The fourth-order valence-corrected chi connectivity index (χ4v) is 5.80. The molecule has 3 aromatic heterocycles. The molecule has 6 rings (SSSR count). The average molecular weight is 611 g/mol. The van der Waals surface area contributed by atoms with E-state index in [0.717, 1.165) is 19.1 Å². The molecule has 2 aromatic carbocycles. The average Bonchev–Trinajstić information content (AvgIpc) is 3.57. The molecule has 0 bridgehead atoms. The molecule has 13 heteroatoms. The molecule has 1 fully saturated rings. The number of benzene rings is 2. The maximum Gasteiger partial charge on any atom is 0.416 e. The van der Waals surface area contributed by atoms with Crippen LogP contribution >= 0.6 is 0 Å². The molecule has 0 saturated carbocycles. The van der Waals surface area contributed by atoms with E-state index in [-0.39, 0.29) is 29.2 Å². The van der Waals surface area contributed by atoms with E-state index in [2.05, 4.69) is 15.1 Å². The summed E-state index contributed by atoms with van der Waals surface area (Å²) < 4.78 is 70.2. The Balaban J connectivity index is 1.28. The number of halogens is 5. The highest BCUT2D eigenvalue weighted by molar-refractivity contribution is 5.94. The quantitative estimate of drug-likeness (QED) is 0.228. The van der Waals surface area contributed by atoms with E-state index in [0.29, 0.717) is 47.4 Å². The normalized spacial score (nSPS) is 17.8. The molecule has 1 amide bonds. The van der Waals surface area contributed by atoms with E-state index < -0.39 is 23.4 Å². The second-order valence-corrected chi connectivity index (χ2v) is 11.1. The number of pyridine rings is 1. The molecule has 1 N–H and O–H groups in total. The fourth-order valence-electron chi connectivity index (χ4n) is 5.80. The van der Waals surface area contributed by atoms with Gasteiger partial charge in [-0.05, 0) is 74.4 Å². The van der Waals surface area contributed by atoms with Gasteiger partial charge < -0.3 is 9.88 Å². The summed E-state index contributed by atoms with van der Waals surface area (Å²) in [4.78, 5) is 35.0. The maximum absolute atomic E-state index is 13.8. The van der Waals surface area contributed by atoms with Gasteiger partial charge in [0.2, 0.25) is 0 Å². The zero-order valence-electron chi connectivity index (χ0n) is 23.6. The number of alkyl halides is 5. The third kappa shape index (κ3) is 5.38. The summed E-state index contributed by atoms with van der Waals surface area (Å²) in [6, 6.07) is 13.1. The molecule has 0 spiro atoms. The number of hydrogen-bond acceptors (Lipinski definition) is 4. The molecule has 5 aromatic rings. The second kappa shape index (κ2) is 10.7. The van der Waals surface area contributed by atoms with Gasteiger partial charge in [0.05, 0.1) is 28.0 Å². The Bertz CT molecular complexity index is 1890. The van der Waals surface area contributed by atoms with Crippen molar-refractivity contribution in [1.29, 1.82) is 0 Å². The van der Waals surface area contributed by atoms with E-state index in [4.69, 9.17) is 0 Å². The molecule has 0 aliphatic carbocycles. The molecular formula is C31H27F5N6O2. The monoisotopic (exact) mass is 610 g/mol. The molecule has 2 atom stereocenters. The van der Waals surface area contributed by atoms with Crippen LogP contribution in [0.5, 0.6) is 0 Å². The Morgan fingerprint density at radius 1 is 0.955 bits per heavy atom. The summed E-state index contributed by atoms with van der Waals surface area (Å²) in [6.45, 7) is 2.95. The van der Waals surface area contributed by atoms with Crippen molar-refractivity contribution in [3.8, 4) is 16.9 Å². The lowest BCUT2D eigenvalue weighted by Gasteiger charge is -2.37. The molecule has 1 aliphatic heterocycles. The molecular weight excluding hydrogens is 583 g/mol. The Kier molecular flexibility index (Phi) is 7.13. The van der Waals surface area contributed by atoms with Gasteiger partial charge in [0.1, 0.15) is 0 Å². The van der Waals surface area contributed by atoms with Crippen LogP contribution in [-0.4, -0.2) is 47.7 Å². The van der Waals surface area contributed by atoms with Crippen LogP contribution in [0.4, 0.5) is 22.0 Å². The van der Waals surface area contributed by atoms with Crippen LogP contribution in [0.25, 0.3) is 28.0 Å². The van der Waals surface area contributed by atoms with E-state index in [9.17, 15) is 31.5 Å². The third-order valence-electron chi connectivity index (χ3n) is 8.04. The fraction of sp³-hybridized carbons (Fsp3) is 0.290. The number of carbonyl (C=O) groups is 1. The summed E-state index contributed by atoms with van der Waals surface area (Å²) in [5, 5.41) is 4.51. The van der Waals surface area contributed by atoms with Crippen LogP contribution in [0.2, 0.25) is 0 Å². The zero-order chi connectivity index (χ0) is 31.4. The smallest absolute Gasteiger partial charge is 0.334 e. The SMILES string of the molecule is C[C@H]1C[C@@H](n2c(=O)[nH]c3cc(C(C)(F)F)ccc32)CCN1C(=O)c1cc(-c2ccncc2)n(-c2ccc(C(F)(F)F)cc2)n1. The Labute approximate surface area is 247 Å². The van der Waals surface area contributed by atoms with E-state index in [1.807, 2.05) is 6.92 Å². The van der Waals surface area contributed by atoms with Crippen LogP contribution in [0.1, 0.15) is 54.3 Å². The number of nitrogens with zero attached hydrogens (tertiary/aromatic N) is 5. The first kappa shape index (κ1) is 29.3. The number of piperidine rings is 1. The Morgan fingerprint density at radius 2 is 1.64 bits per heavy atom. The first-order valence-electron chi connectivity index (χ1n) is 13.9. The first-order valence-corrected chi connectivity index (χ1v) is 13.9. The minimum Gasteiger partial charge on any atom is -0.334 e. The largest absolute Gasteiger partial charge is 0.416 e. The number of imidazole rings is 1. The maximum atomic E-state index is 13.8. The van der Waals surface area contributed by atoms with Crippen molar-refractivity contribution in [2.75, 3.05) is 6.54 Å². The van der Waals surface area contributed by atoms with Crippen molar-refractivity contribution >= 4 is 16.9 Å². The topological polar surface area (TPSA) is 88.8 Å². The van der Waals surface area contributed by atoms with Crippen LogP contribution in [0.3, 0.4) is 0 Å². The predicted molar refractivity (Wildman–Crippen MR) is 153 cm³/mol. The molecule has 1 aliphatic rings. The number of rotatable bonds is 5. The van der Waals surface area contributed by atoms with Gasteiger partial charge in [-0.2, -0.15) is 18.3 Å². The van der Waals surface area contributed by atoms with Crippen LogP contribution in [-0.2, 0) is 12.1 Å². The van der Waals surface area contributed by atoms with Gasteiger partial charge in [-0.25, -0.2) is 18.3 Å². The first-order chi connectivity index (χ1) is 20.8. The minimum atomic E-state index is -4.50. The lowest BCUT2D eigenvalue weighted by atomic mass is 9.97. The molecule has 0 unspecified atom stereocenters. The molecule has 8 nitrogen and oxygen atoms in total. The Morgan fingerprint density at radius 3 is 2.27 bits per heavy atom. The Hall–Kier alpha value is -4.81. The number of carbonyl (C=O) groups excluding carboxylic acids is 1. The van der Waals surface area contributed by atoms with Gasteiger partial charge in [-0.15, -0.1) is 0 Å². The van der Waals surface area contributed by atoms with E-state index in [1.54, 1.807) is 40.1 Å². The summed E-state index contributed by atoms with van der Waals surface area (Å²) in [7, 11) is 0. The van der Waals surface area contributed by atoms with Gasteiger partial charge in [-0.3, -0.25) is 14.3 Å². The number of H-pyrrole nitrogens is 1. The van der Waals surface area contributed by atoms with Gasteiger partial charge in [0, 0.05) is 49.1 Å². The highest BCUT2D eigenvalue weighted by atomic mass is 19.4. The molecule has 228 valence electrons. The van der Waals surface area contributed by atoms with Gasteiger partial charge in [0.25, 0.3) is 11.8 Å². The van der Waals surface area contributed by atoms with Gasteiger partial charge in [-0.1, -0.05) is 6.07 Å². The molecule has 44 heavy (non-hydrogen) atoms. The van der Waals surface area contributed by atoms with Crippen LogP contribution in [0.15, 0.2) is 77.9 Å². The van der Waals surface area contributed by atoms with Crippen molar-refractivity contribution in [3.63, 3.8) is 0 Å². The number of nitrogens with one attached hydrogen (secondary N) is 1. The number of amides is 1. The van der Waals surface area contributed by atoms with Crippen molar-refractivity contribution in [1.82, 2.24) is 29.2 Å². The lowest BCUT2D eigenvalue weighted by molar-refractivity contribution is -0.137. The van der Waals surface area contributed by atoms with Crippen molar-refractivity contribution in [3.05, 3.63) is 100 Å². The second-order valence-electron chi connectivity index (χ2n) is 11.1. The summed E-state index contributed by atoms with van der Waals surface area (Å²) in [5.41, 5.74) is 1.04. The summed E-state index contributed by atoms with van der Waals surface area (Å²) in [6.07, 6.45) is -0.498.